The molecule has 2 aromatic heterocycles. The molecular weight excluding hydrogens is 397 g/mol. The Morgan fingerprint density at radius 2 is 2.12 bits per heavy atom. The number of hydrogen-bond acceptors (Lipinski definition) is 7. The molecule has 0 bridgehead atoms. The molecule has 4 rings (SSSR count). The van der Waals surface area contributed by atoms with E-state index in [1.165, 1.54) is 11.8 Å². The number of hydrogen-bond donors (Lipinski definition) is 3. The van der Waals surface area contributed by atoms with Crippen molar-refractivity contribution in [3.8, 4) is 0 Å². The molecule has 0 aliphatic carbocycles. The molecule has 0 saturated carbocycles. The lowest BCUT2D eigenvalue weighted by Crippen LogP contribution is -2.27. The molecule has 0 spiro atoms. The van der Waals surface area contributed by atoms with Gasteiger partial charge in [-0.3, -0.25) is 4.57 Å². The van der Waals surface area contributed by atoms with E-state index in [1.54, 1.807) is 10.9 Å². The maximum atomic E-state index is 10.2. The molecule has 0 amide bonds. The minimum Gasteiger partial charge on any atom is -0.389 e. The van der Waals surface area contributed by atoms with Gasteiger partial charge in [-0.05, 0) is 29.3 Å². The third kappa shape index (κ3) is 3.35. The van der Waals surface area contributed by atoms with Gasteiger partial charge in [0, 0.05) is 17.3 Å². The van der Waals surface area contributed by atoms with Crippen LogP contribution in [0.25, 0.3) is 11.2 Å². The van der Waals surface area contributed by atoms with Crippen molar-refractivity contribution in [1.82, 2.24) is 19.5 Å². The first kappa shape index (κ1) is 17.8. The Bertz CT molecular complexity index is 954. The Labute approximate surface area is 163 Å². The summed E-state index contributed by atoms with van der Waals surface area (Å²) in [5.74, 6) is 0.946. The molecule has 1 saturated heterocycles. The van der Waals surface area contributed by atoms with Crippen LogP contribution in [0.15, 0.2) is 30.6 Å². The van der Waals surface area contributed by atoms with E-state index in [9.17, 15) is 10.2 Å². The van der Waals surface area contributed by atoms with Crippen molar-refractivity contribution < 1.29 is 10.2 Å². The predicted octanol–water partition coefficient (Wildman–Crippen LogP) is 2.71. The highest BCUT2D eigenvalue weighted by Crippen LogP contribution is 2.38. The molecule has 7 nitrogen and oxygen atoms in total. The van der Waals surface area contributed by atoms with Gasteiger partial charge in [0.05, 0.1) is 12.4 Å². The summed E-state index contributed by atoms with van der Waals surface area (Å²) in [5, 5.41) is 23.5. The number of rotatable bonds is 4. The second kappa shape index (κ2) is 7.21. The fraction of sp³-hybridized carbons (Fsp3) is 0.312. The van der Waals surface area contributed by atoms with Gasteiger partial charge in [-0.25, -0.2) is 4.98 Å². The van der Waals surface area contributed by atoms with Crippen LogP contribution < -0.4 is 5.32 Å². The molecule has 26 heavy (non-hydrogen) atoms. The Kier molecular flexibility index (Phi) is 4.94. The zero-order valence-corrected chi connectivity index (χ0v) is 15.7. The van der Waals surface area contributed by atoms with Gasteiger partial charge in [0.15, 0.2) is 17.0 Å². The number of aromatic nitrogens is 4. The predicted molar refractivity (Wildman–Crippen MR) is 103 cm³/mol. The van der Waals surface area contributed by atoms with Crippen molar-refractivity contribution >= 4 is 51.9 Å². The van der Waals surface area contributed by atoms with Gasteiger partial charge in [-0.2, -0.15) is 9.97 Å². The van der Waals surface area contributed by atoms with E-state index in [-0.39, 0.29) is 10.7 Å². The van der Waals surface area contributed by atoms with Gasteiger partial charge in [0.25, 0.3) is 0 Å². The van der Waals surface area contributed by atoms with Crippen LogP contribution in [-0.4, -0.2) is 47.7 Å². The second-order valence-electron chi connectivity index (χ2n) is 5.93. The normalized spacial score (nSPS) is 22.8. The second-order valence-corrected chi connectivity index (χ2v) is 7.85. The molecule has 10 heteroatoms. The summed E-state index contributed by atoms with van der Waals surface area (Å²) in [7, 11) is 0. The van der Waals surface area contributed by atoms with Crippen LogP contribution in [0.1, 0.15) is 10.9 Å². The maximum absolute atomic E-state index is 10.2. The van der Waals surface area contributed by atoms with Gasteiger partial charge in [0.1, 0.15) is 11.5 Å². The van der Waals surface area contributed by atoms with E-state index < -0.39 is 12.2 Å². The van der Waals surface area contributed by atoms with Crippen molar-refractivity contribution in [2.75, 3.05) is 11.1 Å². The summed E-state index contributed by atoms with van der Waals surface area (Å²) < 4.78 is 1.72. The van der Waals surface area contributed by atoms with E-state index in [1.807, 2.05) is 24.3 Å². The lowest BCUT2D eigenvalue weighted by atomic mass is 10.2. The van der Waals surface area contributed by atoms with Crippen molar-refractivity contribution in [2.24, 2.45) is 0 Å². The number of benzene rings is 1. The molecule has 3 atom stereocenters. The average Bonchev–Trinajstić information content (AvgIpc) is 3.17. The number of fused-ring (bicyclic) bond motifs is 1. The fourth-order valence-corrected chi connectivity index (χ4v) is 4.52. The molecule has 3 heterocycles. The third-order valence-corrected chi connectivity index (χ3v) is 5.93. The Balaban J connectivity index is 1.66. The lowest BCUT2D eigenvalue weighted by Gasteiger charge is -2.17. The summed E-state index contributed by atoms with van der Waals surface area (Å²) >= 11 is 13.5. The smallest absolute Gasteiger partial charge is 0.226 e. The van der Waals surface area contributed by atoms with Crippen molar-refractivity contribution in [3.63, 3.8) is 0 Å². The van der Waals surface area contributed by atoms with Gasteiger partial charge >= 0.3 is 0 Å². The van der Waals surface area contributed by atoms with E-state index in [2.05, 4.69) is 20.3 Å². The molecule has 0 radical (unpaired) electrons. The first-order valence-electron chi connectivity index (χ1n) is 7.89. The number of aliphatic hydroxyl groups excluding tert-OH is 2. The minimum atomic E-state index is -0.894. The van der Waals surface area contributed by atoms with Gasteiger partial charge in [-0.1, -0.05) is 23.7 Å². The van der Waals surface area contributed by atoms with Crippen LogP contribution >= 0.6 is 35.0 Å². The molecular formula is C16H15Cl2N5O2S. The summed E-state index contributed by atoms with van der Waals surface area (Å²) in [6, 6.07) is 7.50. The first-order chi connectivity index (χ1) is 12.5. The number of imidazole rings is 1. The lowest BCUT2D eigenvalue weighted by molar-refractivity contribution is 0.0313. The van der Waals surface area contributed by atoms with Crippen LogP contribution in [0, 0.1) is 0 Å². The van der Waals surface area contributed by atoms with E-state index in [0.717, 1.165) is 5.56 Å². The van der Waals surface area contributed by atoms with Crippen molar-refractivity contribution in [3.05, 3.63) is 46.5 Å². The summed E-state index contributed by atoms with van der Waals surface area (Å²) in [5.41, 5.74) is 2.04. The summed E-state index contributed by atoms with van der Waals surface area (Å²) in [6.45, 7) is 0.495. The Morgan fingerprint density at radius 1 is 1.27 bits per heavy atom. The highest BCUT2D eigenvalue weighted by molar-refractivity contribution is 7.99. The van der Waals surface area contributed by atoms with Crippen LogP contribution in [-0.2, 0) is 6.54 Å². The van der Waals surface area contributed by atoms with Gasteiger partial charge < -0.3 is 15.5 Å². The van der Waals surface area contributed by atoms with E-state index in [4.69, 9.17) is 23.2 Å². The fourth-order valence-electron chi connectivity index (χ4n) is 2.86. The first-order valence-corrected chi connectivity index (χ1v) is 9.69. The number of anilines is 1. The third-order valence-electron chi connectivity index (χ3n) is 4.14. The SMILES string of the molecule is OC1CSC(n2cnc3c(NCc4cccc(Cl)c4)nc(Cl)nc32)C1O. The number of aliphatic hydroxyl groups is 2. The zero-order chi connectivity index (χ0) is 18.3. The highest BCUT2D eigenvalue weighted by Gasteiger charge is 2.36. The average molecular weight is 412 g/mol. The Hall–Kier alpha value is -1.58. The molecule has 3 aromatic rings. The maximum Gasteiger partial charge on any atom is 0.226 e. The minimum absolute atomic E-state index is 0.0749. The number of nitrogens with one attached hydrogen (secondary N) is 1. The standard InChI is InChI=1S/C16H15Cl2N5O2S/c17-9-3-1-2-8(4-9)5-19-13-11-14(22-16(18)21-13)23(7-20-11)15-12(25)10(24)6-26-15/h1-4,7,10,12,15,24-25H,5-6H2,(H,19,21,22). The molecule has 136 valence electrons. The van der Waals surface area contributed by atoms with Crippen molar-refractivity contribution in [1.29, 1.82) is 0 Å². The van der Waals surface area contributed by atoms with Crippen LogP contribution in [0.4, 0.5) is 5.82 Å². The van der Waals surface area contributed by atoms with Crippen LogP contribution in [0.2, 0.25) is 10.3 Å². The molecule has 3 N–H and O–H groups in total. The summed E-state index contributed by atoms with van der Waals surface area (Å²) in [4.78, 5) is 12.9. The van der Waals surface area contributed by atoms with Gasteiger partial charge in [-0.15, -0.1) is 11.8 Å². The Morgan fingerprint density at radius 3 is 2.85 bits per heavy atom. The highest BCUT2D eigenvalue weighted by atomic mass is 35.5. The zero-order valence-electron chi connectivity index (χ0n) is 13.4. The molecule has 3 unspecified atom stereocenters. The quantitative estimate of drug-likeness (QED) is 0.567. The summed E-state index contributed by atoms with van der Waals surface area (Å²) in [6.07, 6.45) is -0.0895. The molecule has 1 aliphatic rings. The van der Waals surface area contributed by atoms with Crippen LogP contribution in [0.3, 0.4) is 0 Å². The molecule has 1 aliphatic heterocycles. The largest absolute Gasteiger partial charge is 0.389 e. The van der Waals surface area contributed by atoms with E-state index in [0.29, 0.717) is 34.3 Å². The molecule has 1 fully saturated rings. The van der Waals surface area contributed by atoms with Crippen molar-refractivity contribution in [2.45, 2.75) is 24.1 Å². The molecule has 1 aromatic carbocycles. The monoisotopic (exact) mass is 411 g/mol. The number of thioether (sulfide) groups is 1. The van der Waals surface area contributed by atoms with E-state index >= 15 is 0 Å². The van der Waals surface area contributed by atoms with Gasteiger partial charge in [0.2, 0.25) is 5.28 Å². The topological polar surface area (TPSA) is 96.1 Å². The number of nitrogens with zero attached hydrogens (tertiary/aromatic N) is 4. The van der Waals surface area contributed by atoms with Crippen LogP contribution in [0.5, 0.6) is 0 Å². The number of halogens is 2.